The molecule has 0 unspecified atom stereocenters. The molecule has 1 aliphatic heterocycles. The van der Waals surface area contributed by atoms with Crippen molar-refractivity contribution in [3.8, 4) is 6.07 Å². The van der Waals surface area contributed by atoms with Crippen LogP contribution in [-0.2, 0) is 6.42 Å². The summed E-state index contributed by atoms with van der Waals surface area (Å²) in [5.41, 5.74) is 3.33. The van der Waals surface area contributed by atoms with Crippen LogP contribution in [0.3, 0.4) is 0 Å². The van der Waals surface area contributed by atoms with E-state index in [0.717, 1.165) is 24.1 Å². The van der Waals surface area contributed by atoms with Gasteiger partial charge >= 0.3 is 0 Å². The third-order valence-electron chi connectivity index (χ3n) is 2.73. The second-order valence-corrected chi connectivity index (χ2v) is 4.49. The molecule has 14 heavy (non-hydrogen) atoms. The zero-order valence-electron chi connectivity index (χ0n) is 8.59. The molecule has 0 atom stereocenters. The van der Waals surface area contributed by atoms with Crippen LogP contribution in [0.1, 0.15) is 31.4 Å². The van der Waals surface area contributed by atoms with Gasteiger partial charge in [0.05, 0.1) is 11.6 Å². The number of fused-ring (bicyclic) bond motifs is 1. The van der Waals surface area contributed by atoms with Gasteiger partial charge in [-0.25, -0.2) is 0 Å². The van der Waals surface area contributed by atoms with Gasteiger partial charge in [-0.3, -0.25) is 0 Å². The van der Waals surface area contributed by atoms with Crippen LogP contribution < -0.4 is 5.32 Å². The van der Waals surface area contributed by atoms with Gasteiger partial charge in [0.1, 0.15) is 0 Å². The number of hydrogen-bond acceptors (Lipinski definition) is 2. The Morgan fingerprint density at radius 2 is 2.21 bits per heavy atom. The number of hydrogen-bond donors (Lipinski definition) is 1. The van der Waals surface area contributed by atoms with Crippen LogP contribution in [-0.4, -0.2) is 5.54 Å². The van der Waals surface area contributed by atoms with Gasteiger partial charge in [0.15, 0.2) is 0 Å². The minimum absolute atomic E-state index is 0.154. The Morgan fingerprint density at radius 1 is 1.43 bits per heavy atom. The first-order valence-electron chi connectivity index (χ1n) is 4.92. The molecule has 0 spiro atoms. The smallest absolute Gasteiger partial charge is 0.0992 e. The van der Waals surface area contributed by atoms with Gasteiger partial charge in [0.2, 0.25) is 0 Å². The zero-order valence-corrected chi connectivity index (χ0v) is 8.59. The molecule has 1 N–H and O–H groups in total. The summed E-state index contributed by atoms with van der Waals surface area (Å²) in [6.45, 7) is 4.38. The van der Waals surface area contributed by atoms with Crippen LogP contribution in [0.4, 0.5) is 5.69 Å². The minimum atomic E-state index is 0.154. The van der Waals surface area contributed by atoms with E-state index in [2.05, 4.69) is 31.3 Å². The molecular formula is C12H14N2. The van der Waals surface area contributed by atoms with E-state index in [1.165, 1.54) is 5.56 Å². The van der Waals surface area contributed by atoms with E-state index in [0.29, 0.717) is 0 Å². The first-order valence-corrected chi connectivity index (χ1v) is 4.92. The Kier molecular flexibility index (Phi) is 1.96. The molecule has 0 aliphatic carbocycles. The van der Waals surface area contributed by atoms with Crippen LogP contribution in [0, 0.1) is 11.3 Å². The molecule has 0 bridgehead atoms. The molecule has 1 heterocycles. The molecule has 0 fully saturated rings. The van der Waals surface area contributed by atoms with E-state index in [9.17, 15) is 0 Å². The lowest BCUT2D eigenvalue weighted by Gasteiger charge is -2.33. The summed E-state index contributed by atoms with van der Waals surface area (Å²) in [5, 5.41) is 12.3. The lowest BCUT2D eigenvalue weighted by molar-refractivity contribution is 0.502. The summed E-state index contributed by atoms with van der Waals surface area (Å²) in [7, 11) is 0. The number of nitriles is 1. The average molecular weight is 186 g/mol. The maximum absolute atomic E-state index is 8.79. The van der Waals surface area contributed by atoms with Gasteiger partial charge in [-0.05, 0) is 44.4 Å². The number of rotatable bonds is 0. The van der Waals surface area contributed by atoms with Crippen molar-refractivity contribution in [2.24, 2.45) is 0 Å². The van der Waals surface area contributed by atoms with E-state index in [1.54, 1.807) is 0 Å². The summed E-state index contributed by atoms with van der Waals surface area (Å²) in [4.78, 5) is 0. The Morgan fingerprint density at radius 3 is 2.93 bits per heavy atom. The van der Waals surface area contributed by atoms with E-state index >= 15 is 0 Å². The average Bonchev–Trinajstić information content (AvgIpc) is 2.15. The van der Waals surface area contributed by atoms with Gasteiger partial charge in [0.25, 0.3) is 0 Å². The topological polar surface area (TPSA) is 35.8 Å². The third kappa shape index (κ3) is 1.58. The number of aryl methyl sites for hydroxylation is 1. The van der Waals surface area contributed by atoms with E-state index < -0.39 is 0 Å². The van der Waals surface area contributed by atoms with Crippen molar-refractivity contribution in [3.05, 3.63) is 29.3 Å². The molecule has 1 aliphatic rings. The van der Waals surface area contributed by atoms with E-state index in [4.69, 9.17) is 5.26 Å². The quantitative estimate of drug-likeness (QED) is 0.676. The fourth-order valence-corrected chi connectivity index (χ4v) is 1.85. The highest BCUT2D eigenvalue weighted by Crippen LogP contribution is 2.30. The molecule has 0 saturated carbocycles. The van der Waals surface area contributed by atoms with Crippen molar-refractivity contribution < 1.29 is 0 Å². The van der Waals surface area contributed by atoms with Crippen LogP contribution in [0.15, 0.2) is 18.2 Å². The van der Waals surface area contributed by atoms with Gasteiger partial charge in [0, 0.05) is 11.2 Å². The van der Waals surface area contributed by atoms with Crippen LogP contribution in [0.25, 0.3) is 0 Å². The number of nitrogens with zero attached hydrogens (tertiary/aromatic N) is 1. The summed E-state index contributed by atoms with van der Waals surface area (Å²) < 4.78 is 0. The van der Waals surface area contributed by atoms with Crippen LogP contribution in [0.2, 0.25) is 0 Å². The predicted molar refractivity (Wildman–Crippen MR) is 57.2 cm³/mol. The van der Waals surface area contributed by atoms with Crippen molar-refractivity contribution in [1.82, 2.24) is 0 Å². The van der Waals surface area contributed by atoms with Crippen molar-refractivity contribution in [2.45, 2.75) is 32.2 Å². The molecule has 72 valence electrons. The third-order valence-corrected chi connectivity index (χ3v) is 2.73. The van der Waals surface area contributed by atoms with Gasteiger partial charge in [-0.2, -0.15) is 5.26 Å². The largest absolute Gasteiger partial charge is 0.380 e. The van der Waals surface area contributed by atoms with Crippen LogP contribution in [0.5, 0.6) is 0 Å². The molecule has 0 radical (unpaired) electrons. The molecule has 0 aromatic heterocycles. The lowest BCUT2D eigenvalue weighted by Crippen LogP contribution is -2.35. The van der Waals surface area contributed by atoms with Crippen molar-refractivity contribution >= 4 is 5.69 Å². The maximum atomic E-state index is 8.79. The highest BCUT2D eigenvalue weighted by molar-refractivity contribution is 5.58. The summed E-state index contributed by atoms with van der Waals surface area (Å²) in [6.07, 6.45) is 2.24. The highest BCUT2D eigenvalue weighted by Gasteiger charge is 2.23. The molecule has 1 aromatic carbocycles. The fourth-order valence-electron chi connectivity index (χ4n) is 1.85. The second kappa shape index (κ2) is 3.02. The Bertz CT molecular complexity index is 399. The van der Waals surface area contributed by atoms with E-state index in [-0.39, 0.29) is 5.54 Å². The molecule has 0 amide bonds. The normalized spacial score (nSPS) is 17.8. The Labute approximate surface area is 84.6 Å². The maximum Gasteiger partial charge on any atom is 0.0992 e. The van der Waals surface area contributed by atoms with Gasteiger partial charge < -0.3 is 5.32 Å². The number of anilines is 1. The Balaban J connectivity index is 2.40. The van der Waals surface area contributed by atoms with Gasteiger partial charge in [-0.15, -0.1) is 0 Å². The predicted octanol–water partition coefficient (Wildman–Crippen LogP) is 2.69. The molecule has 1 aromatic rings. The molecule has 2 rings (SSSR count). The molecule has 2 nitrogen and oxygen atoms in total. The lowest BCUT2D eigenvalue weighted by atomic mass is 9.89. The minimum Gasteiger partial charge on any atom is -0.380 e. The second-order valence-electron chi connectivity index (χ2n) is 4.49. The highest BCUT2D eigenvalue weighted by atomic mass is 15.0. The zero-order chi connectivity index (χ0) is 10.2. The SMILES string of the molecule is CC1(C)CCc2ccc(C#N)cc2N1. The number of benzene rings is 1. The van der Waals surface area contributed by atoms with Crippen molar-refractivity contribution in [1.29, 1.82) is 5.26 Å². The first kappa shape index (κ1) is 9.08. The standard InChI is InChI=1S/C12H14N2/c1-12(2)6-5-10-4-3-9(8-13)7-11(10)14-12/h3-4,7,14H,5-6H2,1-2H3. The van der Waals surface area contributed by atoms with Crippen molar-refractivity contribution in [2.75, 3.05) is 5.32 Å². The van der Waals surface area contributed by atoms with Crippen molar-refractivity contribution in [3.63, 3.8) is 0 Å². The van der Waals surface area contributed by atoms with Gasteiger partial charge in [-0.1, -0.05) is 6.07 Å². The Hall–Kier alpha value is -1.49. The first-order chi connectivity index (χ1) is 6.61. The fraction of sp³-hybridized carbons (Fsp3) is 0.417. The summed E-state index contributed by atoms with van der Waals surface area (Å²) >= 11 is 0. The molecule has 0 saturated heterocycles. The monoisotopic (exact) mass is 186 g/mol. The number of nitrogens with one attached hydrogen (secondary N) is 1. The van der Waals surface area contributed by atoms with E-state index in [1.807, 2.05) is 12.1 Å². The van der Waals surface area contributed by atoms with Crippen LogP contribution >= 0.6 is 0 Å². The molecule has 2 heteroatoms. The molecular weight excluding hydrogens is 172 g/mol. The summed E-state index contributed by atoms with van der Waals surface area (Å²) in [6, 6.07) is 8.04. The summed E-state index contributed by atoms with van der Waals surface area (Å²) in [5.74, 6) is 0.